The summed E-state index contributed by atoms with van der Waals surface area (Å²) in [6.45, 7) is 0. The lowest BCUT2D eigenvalue weighted by Gasteiger charge is -2.04. The van der Waals surface area contributed by atoms with Gasteiger partial charge in [-0.05, 0) is 23.8 Å². The Bertz CT molecular complexity index is 947. The predicted octanol–water partition coefficient (Wildman–Crippen LogP) is 4.37. The van der Waals surface area contributed by atoms with E-state index in [2.05, 4.69) is 15.6 Å². The lowest BCUT2D eigenvalue weighted by molar-refractivity contribution is -0.115. The van der Waals surface area contributed by atoms with Crippen molar-refractivity contribution in [3.8, 4) is 0 Å². The van der Waals surface area contributed by atoms with Crippen LogP contribution in [0.2, 0.25) is 5.02 Å². The van der Waals surface area contributed by atoms with Gasteiger partial charge in [-0.2, -0.15) is 0 Å². The van der Waals surface area contributed by atoms with Crippen LogP contribution in [-0.2, 0) is 11.2 Å². The highest BCUT2D eigenvalue weighted by atomic mass is 35.5. The smallest absolute Gasteiger partial charge is 0.275 e. The molecule has 1 aromatic heterocycles. The van der Waals surface area contributed by atoms with Crippen molar-refractivity contribution in [2.24, 2.45) is 0 Å². The second kappa shape index (κ2) is 8.07. The van der Waals surface area contributed by atoms with Crippen LogP contribution in [0.3, 0.4) is 0 Å². The number of rotatable bonds is 5. The van der Waals surface area contributed by atoms with Gasteiger partial charge in [0.25, 0.3) is 5.91 Å². The average Bonchev–Trinajstić information content (AvgIpc) is 3.07. The largest absolute Gasteiger partial charge is 0.321 e. The third-order valence-corrected chi connectivity index (χ3v) is 4.42. The normalized spacial score (nSPS) is 10.4. The van der Waals surface area contributed by atoms with E-state index in [0.29, 0.717) is 10.8 Å². The molecule has 0 saturated carbocycles. The number of carbonyl (C=O) groups excluding carboxylic acids is 2. The lowest BCUT2D eigenvalue weighted by atomic mass is 10.1. The Morgan fingerprint density at radius 3 is 2.62 bits per heavy atom. The van der Waals surface area contributed by atoms with Crippen LogP contribution in [0.5, 0.6) is 0 Å². The van der Waals surface area contributed by atoms with Crippen molar-refractivity contribution in [2.45, 2.75) is 6.42 Å². The molecule has 0 bridgehead atoms. The van der Waals surface area contributed by atoms with E-state index in [1.54, 1.807) is 0 Å². The van der Waals surface area contributed by atoms with Crippen LogP contribution >= 0.6 is 22.9 Å². The van der Waals surface area contributed by atoms with Gasteiger partial charge in [0.2, 0.25) is 5.91 Å². The summed E-state index contributed by atoms with van der Waals surface area (Å²) in [5.41, 5.74) is 1.38. The second-order valence-electron chi connectivity index (χ2n) is 5.33. The van der Waals surface area contributed by atoms with Crippen molar-refractivity contribution in [1.29, 1.82) is 0 Å². The zero-order valence-electron chi connectivity index (χ0n) is 13.3. The molecule has 8 heteroatoms. The number of benzene rings is 2. The SMILES string of the molecule is O=C(Cc1ccccc1)Nc1nc(C(=O)Nc2ccc(F)c(Cl)c2)cs1. The van der Waals surface area contributed by atoms with Gasteiger partial charge < -0.3 is 10.6 Å². The first-order valence-electron chi connectivity index (χ1n) is 7.57. The standard InChI is InChI=1S/C18H13ClFN3O2S/c19-13-9-12(6-7-14(13)20)21-17(25)15-10-26-18(22-15)23-16(24)8-11-4-2-1-3-5-11/h1-7,9-10H,8H2,(H,21,25)(H,22,23,24). The monoisotopic (exact) mass is 389 g/mol. The molecule has 2 aromatic carbocycles. The Kier molecular flexibility index (Phi) is 5.60. The lowest BCUT2D eigenvalue weighted by Crippen LogP contribution is -2.15. The molecule has 0 radical (unpaired) electrons. The summed E-state index contributed by atoms with van der Waals surface area (Å²) < 4.78 is 13.1. The summed E-state index contributed by atoms with van der Waals surface area (Å²) in [7, 11) is 0. The van der Waals surface area contributed by atoms with E-state index in [4.69, 9.17) is 11.6 Å². The summed E-state index contributed by atoms with van der Waals surface area (Å²) in [6.07, 6.45) is 0.218. The molecule has 132 valence electrons. The van der Waals surface area contributed by atoms with Gasteiger partial charge in [0, 0.05) is 11.1 Å². The zero-order chi connectivity index (χ0) is 18.5. The van der Waals surface area contributed by atoms with Crippen LogP contribution in [-0.4, -0.2) is 16.8 Å². The first-order valence-corrected chi connectivity index (χ1v) is 8.83. The van der Waals surface area contributed by atoms with Gasteiger partial charge in [-0.1, -0.05) is 41.9 Å². The van der Waals surface area contributed by atoms with Crippen molar-refractivity contribution in [3.63, 3.8) is 0 Å². The fourth-order valence-corrected chi connectivity index (χ4v) is 3.04. The van der Waals surface area contributed by atoms with Gasteiger partial charge in [0.05, 0.1) is 11.4 Å². The van der Waals surface area contributed by atoms with Gasteiger partial charge in [-0.3, -0.25) is 9.59 Å². The number of aromatic nitrogens is 1. The van der Waals surface area contributed by atoms with Crippen molar-refractivity contribution in [1.82, 2.24) is 4.98 Å². The van der Waals surface area contributed by atoms with Gasteiger partial charge in [-0.15, -0.1) is 11.3 Å². The minimum Gasteiger partial charge on any atom is -0.321 e. The second-order valence-corrected chi connectivity index (χ2v) is 6.60. The molecule has 2 amide bonds. The maximum absolute atomic E-state index is 13.1. The number of nitrogens with zero attached hydrogens (tertiary/aromatic N) is 1. The maximum atomic E-state index is 13.1. The van der Waals surface area contributed by atoms with E-state index in [-0.39, 0.29) is 23.0 Å². The summed E-state index contributed by atoms with van der Waals surface area (Å²) in [6, 6.07) is 13.2. The van der Waals surface area contributed by atoms with Crippen LogP contribution < -0.4 is 10.6 Å². The molecular formula is C18H13ClFN3O2S. The number of anilines is 2. The third-order valence-electron chi connectivity index (χ3n) is 3.37. The molecule has 5 nitrogen and oxygen atoms in total. The number of thiazole rings is 1. The highest BCUT2D eigenvalue weighted by molar-refractivity contribution is 7.14. The minimum atomic E-state index is -0.568. The van der Waals surface area contributed by atoms with Gasteiger partial charge in [0.1, 0.15) is 11.5 Å². The molecule has 2 N–H and O–H groups in total. The molecule has 0 fully saturated rings. The van der Waals surface area contributed by atoms with Crippen molar-refractivity contribution >= 4 is 45.6 Å². The molecule has 3 aromatic rings. The van der Waals surface area contributed by atoms with Gasteiger partial charge in [0.15, 0.2) is 5.13 Å². The fourth-order valence-electron chi connectivity index (χ4n) is 2.15. The molecule has 0 unspecified atom stereocenters. The highest BCUT2D eigenvalue weighted by Gasteiger charge is 2.13. The van der Waals surface area contributed by atoms with Crippen molar-refractivity contribution in [3.05, 3.63) is 76.0 Å². The Morgan fingerprint density at radius 2 is 1.88 bits per heavy atom. The molecule has 0 aliphatic carbocycles. The molecule has 1 heterocycles. The number of carbonyl (C=O) groups is 2. The van der Waals surface area contributed by atoms with E-state index >= 15 is 0 Å². The molecule has 0 aliphatic rings. The van der Waals surface area contributed by atoms with E-state index in [0.717, 1.165) is 23.0 Å². The Morgan fingerprint density at radius 1 is 1.12 bits per heavy atom. The van der Waals surface area contributed by atoms with E-state index in [1.807, 2.05) is 30.3 Å². The molecule has 26 heavy (non-hydrogen) atoms. The molecule has 3 rings (SSSR count). The first kappa shape index (κ1) is 18.0. The van der Waals surface area contributed by atoms with Gasteiger partial charge in [-0.25, -0.2) is 9.37 Å². The minimum absolute atomic E-state index is 0.0880. The first-order chi connectivity index (χ1) is 12.5. The molecule has 0 saturated heterocycles. The van der Waals surface area contributed by atoms with E-state index in [9.17, 15) is 14.0 Å². The fraction of sp³-hybridized carbons (Fsp3) is 0.0556. The summed E-state index contributed by atoms with van der Waals surface area (Å²) in [4.78, 5) is 28.3. The average molecular weight is 390 g/mol. The molecule has 0 aliphatic heterocycles. The van der Waals surface area contributed by atoms with Crippen LogP contribution in [0.4, 0.5) is 15.2 Å². The van der Waals surface area contributed by atoms with E-state index < -0.39 is 11.7 Å². The molecule has 0 atom stereocenters. The zero-order valence-corrected chi connectivity index (χ0v) is 14.9. The van der Waals surface area contributed by atoms with Crippen molar-refractivity contribution < 1.29 is 14.0 Å². The topological polar surface area (TPSA) is 71.1 Å². The molecular weight excluding hydrogens is 377 g/mol. The predicted molar refractivity (Wildman–Crippen MR) is 100 cm³/mol. The van der Waals surface area contributed by atoms with Crippen LogP contribution in [0.15, 0.2) is 53.9 Å². The third kappa shape index (κ3) is 4.65. The number of hydrogen-bond acceptors (Lipinski definition) is 4. The highest BCUT2D eigenvalue weighted by Crippen LogP contribution is 2.21. The maximum Gasteiger partial charge on any atom is 0.275 e. The van der Waals surface area contributed by atoms with Crippen LogP contribution in [0.1, 0.15) is 16.1 Å². The summed E-state index contributed by atoms with van der Waals surface area (Å²) in [5, 5.41) is 7.00. The Balaban J connectivity index is 1.60. The summed E-state index contributed by atoms with van der Waals surface area (Å²) in [5.74, 6) is -1.27. The van der Waals surface area contributed by atoms with E-state index in [1.165, 1.54) is 17.5 Å². The summed E-state index contributed by atoms with van der Waals surface area (Å²) >= 11 is 6.83. The van der Waals surface area contributed by atoms with Crippen LogP contribution in [0, 0.1) is 5.82 Å². The number of hydrogen-bond donors (Lipinski definition) is 2. The number of nitrogens with one attached hydrogen (secondary N) is 2. The van der Waals surface area contributed by atoms with Gasteiger partial charge >= 0.3 is 0 Å². The molecule has 0 spiro atoms. The van der Waals surface area contributed by atoms with Crippen LogP contribution in [0.25, 0.3) is 0 Å². The van der Waals surface area contributed by atoms with Crippen molar-refractivity contribution in [2.75, 3.05) is 10.6 Å². The quantitative estimate of drug-likeness (QED) is 0.680. The Labute approximate surface area is 157 Å². The number of halogens is 2. The Hall–Kier alpha value is -2.77. The number of amides is 2.